The van der Waals surface area contributed by atoms with Crippen molar-refractivity contribution in [3.8, 4) is 0 Å². The van der Waals surface area contributed by atoms with E-state index in [-0.39, 0.29) is 24.0 Å². The van der Waals surface area contributed by atoms with Crippen LogP contribution in [0.2, 0.25) is 0 Å². The first-order valence-corrected chi connectivity index (χ1v) is 9.63. The first kappa shape index (κ1) is 20.8. The Morgan fingerprint density at radius 3 is 2.80 bits per heavy atom. The topological polar surface area (TPSA) is 48.9 Å². The van der Waals surface area contributed by atoms with Crippen LogP contribution in [0.5, 0.6) is 0 Å². The number of hydrogen-bond donors (Lipinski definition) is 2. The number of halogens is 2. The van der Waals surface area contributed by atoms with Crippen molar-refractivity contribution in [3.63, 3.8) is 0 Å². The summed E-state index contributed by atoms with van der Waals surface area (Å²) in [5, 5.41) is 6.97. The molecule has 2 saturated heterocycles. The second kappa shape index (κ2) is 10.6. The van der Waals surface area contributed by atoms with E-state index >= 15 is 0 Å². The van der Waals surface area contributed by atoms with E-state index in [0.29, 0.717) is 12.1 Å². The summed E-state index contributed by atoms with van der Waals surface area (Å²) in [6.07, 6.45) is 5.00. The van der Waals surface area contributed by atoms with Crippen LogP contribution in [0.25, 0.3) is 0 Å². The largest absolute Gasteiger partial charge is 0.378 e. The van der Waals surface area contributed by atoms with Gasteiger partial charge in [0.05, 0.1) is 6.10 Å². The molecule has 140 valence electrons. The molecule has 3 rings (SSSR count). The lowest BCUT2D eigenvalue weighted by Crippen LogP contribution is -2.45. The fourth-order valence-electron chi connectivity index (χ4n) is 3.38. The summed E-state index contributed by atoms with van der Waals surface area (Å²) < 4.78 is 6.78. The van der Waals surface area contributed by atoms with Crippen LogP contribution < -0.4 is 15.5 Å². The zero-order valence-electron chi connectivity index (χ0n) is 14.7. The first-order chi connectivity index (χ1) is 11.7. The quantitative estimate of drug-likeness (QED) is 0.353. The minimum absolute atomic E-state index is 0. The number of benzene rings is 1. The molecule has 2 fully saturated rings. The fourth-order valence-corrected chi connectivity index (χ4v) is 3.64. The van der Waals surface area contributed by atoms with E-state index in [1.54, 1.807) is 0 Å². The van der Waals surface area contributed by atoms with Gasteiger partial charge in [-0.25, -0.2) is 0 Å². The van der Waals surface area contributed by atoms with Crippen LogP contribution in [0.15, 0.2) is 33.7 Å². The van der Waals surface area contributed by atoms with Gasteiger partial charge in [-0.3, -0.25) is 4.99 Å². The Labute approximate surface area is 176 Å². The van der Waals surface area contributed by atoms with Crippen LogP contribution in [0.1, 0.15) is 25.7 Å². The number of hydrogen-bond acceptors (Lipinski definition) is 3. The third-order valence-corrected chi connectivity index (χ3v) is 5.26. The Bertz CT molecular complexity index is 549. The third-order valence-electron chi connectivity index (χ3n) is 4.73. The molecule has 0 saturated carbocycles. The smallest absolute Gasteiger partial charge is 0.191 e. The van der Waals surface area contributed by atoms with Crippen LogP contribution in [0.4, 0.5) is 5.69 Å². The van der Waals surface area contributed by atoms with E-state index in [9.17, 15) is 0 Å². The van der Waals surface area contributed by atoms with Gasteiger partial charge >= 0.3 is 0 Å². The van der Waals surface area contributed by atoms with Gasteiger partial charge in [-0.05, 0) is 49.9 Å². The maximum atomic E-state index is 5.66. The van der Waals surface area contributed by atoms with Gasteiger partial charge in [0.2, 0.25) is 0 Å². The molecule has 1 aromatic rings. The SMILES string of the molecule is CN=C(NCCC1CCCO1)NC1CCN(c2ccc(Br)cc2)C1.I. The van der Waals surface area contributed by atoms with E-state index in [4.69, 9.17) is 4.74 Å². The lowest BCUT2D eigenvalue weighted by molar-refractivity contribution is 0.105. The first-order valence-electron chi connectivity index (χ1n) is 8.84. The number of ether oxygens (including phenoxy) is 1. The van der Waals surface area contributed by atoms with E-state index in [0.717, 1.165) is 49.5 Å². The molecule has 0 aliphatic carbocycles. The van der Waals surface area contributed by atoms with Gasteiger partial charge < -0.3 is 20.3 Å². The highest BCUT2D eigenvalue weighted by atomic mass is 127. The summed E-state index contributed by atoms with van der Waals surface area (Å²) in [5.41, 5.74) is 1.28. The molecule has 2 heterocycles. The fraction of sp³-hybridized carbons (Fsp3) is 0.611. The van der Waals surface area contributed by atoms with Gasteiger partial charge in [-0.1, -0.05) is 15.9 Å². The summed E-state index contributed by atoms with van der Waals surface area (Å²) in [6.45, 7) is 3.92. The average molecular weight is 523 g/mol. The molecule has 2 unspecified atom stereocenters. The van der Waals surface area contributed by atoms with Crippen molar-refractivity contribution in [1.29, 1.82) is 0 Å². The molecule has 0 radical (unpaired) electrons. The molecule has 1 aromatic carbocycles. The van der Waals surface area contributed by atoms with Crippen molar-refractivity contribution >= 4 is 51.6 Å². The predicted molar refractivity (Wildman–Crippen MR) is 118 cm³/mol. The molecule has 0 bridgehead atoms. The summed E-state index contributed by atoms with van der Waals surface area (Å²) in [7, 11) is 1.84. The summed E-state index contributed by atoms with van der Waals surface area (Å²) in [4.78, 5) is 6.77. The number of rotatable bonds is 5. The van der Waals surface area contributed by atoms with Gasteiger partial charge in [0.1, 0.15) is 0 Å². The Hall–Kier alpha value is -0.540. The second-order valence-corrected chi connectivity index (χ2v) is 7.39. The normalized spacial score (nSPS) is 23.4. The van der Waals surface area contributed by atoms with Crippen molar-refractivity contribution < 1.29 is 4.74 Å². The molecule has 0 aromatic heterocycles. The Balaban J connectivity index is 0.00000225. The van der Waals surface area contributed by atoms with Crippen molar-refractivity contribution in [1.82, 2.24) is 10.6 Å². The van der Waals surface area contributed by atoms with E-state index < -0.39 is 0 Å². The van der Waals surface area contributed by atoms with Crippen LogP contribution in [0, 0.1) is 0 Å². The number of aliphatic imine (C=N–C) groups is 1. The minimum atomic E-state index is 0. The van der Waals surface area contributed by atoms with Gasteiger partial charge in [0, 0.05) is 49.5 Å². The van der Waals surface area contributed by atoms with Gasteiger partial charge in [-0.2, -0.15) is 0 Å². The molecule has 7 heteroatoms. The molecule has 0 amide bonds. The molecule has 0 spiro atoms. The average Bonchev–Trinajstić information content (AvgIpc) is 3.26. The van der Waals surface area contributed by atoms with E-state index in [1.165, 1.54) is 18.5 Å². The lowest BCUT2D eigenvalue weighted by Gasteiger charge is -2.21. The zero-order valence-corrected chi connectivity index (χ0v) is 18.6. The van der Waals surface area contributed by atoms with E-state index in [1.807, 2.05) is 7.05 Å². The predicted octanol–water partition coefficient (Wildman–Crippen LogP) is 3.38. The Morgan fingerprint density at radius 2 is 2.12 bits per heavy atom. The number of nitrogens with zero attached hydrogens (tertiary/aromatic N) is 2. The molecule has 25 heavy (non-hydrogen) atoms. The number of anilines is 1. The van der Waals surface area contributed by atoms with Crippen LogP contribution in [-0.4, -0.2) is 51.4 Å². The Morgan fingerprint density at radius 1 is 1.32 bits per heavy atom. The molecule has 2 aliphatic heterocycles. The maximum Gasteiger partial charge on any atom is 0.191 e. The molecular weight excluding hydrogens is 495 g/mol. The second-order valence-electron chi connectivity index (χ2n) is 6.48. The van der Waals surface area contributed by atoms with Crippen molar-refractivity contribution in [2.45, 2.75) is 37.8 Å². The third kappa shape index (κ3) is 6.29. The van der Waals surface area contributed by atoms with E-state index in [2.05, 4.69) is 60.7 Å². The lowest BCUT2D eigenvalue weighted by atomic mass is 10.2. The van der Waals surface area contributed by atoms with Gasteiger partial charge in [0.15, 0.2) is 5.96 Å². The summed E-state index contributed by atoms with van der Waals surface area (Å²) in [6, 6.07) is 8.97. The van der Waals surface area contributed by atoms with Crippen LogP contribution in [-0.2, 0) is 4.74 Å². The molecule has 2 atom stereocenters. The zero-order chi connectivity index (χ0) is 16.8. The highest BCUT2D eigenvalue weighted by molar-refractivity contribution is 14.0. The van der Waals surface area contributed by atoms with Crippen molar-refractivity contribution in [3.05, 3.63) is 28.7 Å². The van der Waals surface area contributed by atoms with Crippen LogP contribution >= 0.6 is 39.9 Å². The molecule has 5 nitrogen and oxygen atoms in total. The van der Waals surface area contributed by atoms with Crippen molar-refractivity contribution in [2.75, 3.05) is 38.2 Å². The summed E-state index contributed by atoms with van der Waals surface area (Å²) >= 11 is 3.49. The summed E-state index contributed by atoms with van der Waals surface area (Å²) in [5.74, 6) is 0.899. The molecule has 2 aliphatic rings. The van der Waals surface area contributed by atoms with Crippen molar-refractivity contribution in [2.24, 2.45) is 4.99 Å². The standard InChI is InChI=1S/C18H27BrN4O.HI/c1-20-18(21-10-8-17-3-2-12-24-17)22-15-9-11-23(13-15)16-6-4-14(19)5-7-16;/h4-7,15,17H,2-3,8-13H2,1H3,(H2,20,21,22);1H. The monoisotopic (exact) mass is 522 g/mol. The highest BCUT2D eigenvalue weighted by Gasteiger charge is 2.23. The number of nitrogens with one attached hydrogen (secondary N) is 2. The maximum absolute atomic E-state index is 5.66. The van der Waals surface area contributed by atoms with Crippen LogP contribution in [0.3, 0.4) is 0 Å². The van der Waals surface area contributed by atoms with Gasteiger partial charge in [-0.15, -0.1) is 24.0 Å². The molecular formula is C18H28BrIN4O. The Kier molecular flexibility index (Phi) is 8.78. The molecule has 2 N–H and O–H groups in total. The minimum Gasteiger partial charge on any atom is -0.378 e. The number of guanidine groups is 1. The highest BCUT2D eigenvalue weighted by Crippen LogP contribution is 2.22. The van der Waals surface area contributed by atoms with Gasteiger partial charge in [0.25, 0.3) is 0 Å².